The lowest BCUT2D eigenvalue weighted by atomic mass is 10.00. The molecule has 0 unspecified atom stereocenters. The first kappa shape index (κ1) is 15.2. The van der Waals surface area contributed by atoms with E-state index in [4.69, 9.17) is 0 Å². The predicted molar refractivity (Wildman–Crippen MR) is 95.4 cm³/mol. The van der Waals surface area contributed by atoms with Crippen molar-refractivity contribution in [3.63, 3.8) is 0 Å². The largest absolute Gasteiger partial charge is 0.371 e. The van der Waals surface area contributed by atoms with Crippen molar-refractivity contribution >= 4 is 33.0 Å². The number of anilines is 1. The van der Waals surface area contributed by atoms with E-state index < -0.39 is 0 Å². The summed E-state index contributed by atoms with van der Waals surface area (Å²) < 4.78 is 1.05. The standard InChI is InChI=1S/C18H20BrN3/c1-14-3-2-12-22(13-14)18-10-8-17(9-11-18)21-20-16-6-4-15(19)5-7-16/h4-11,14H,2-3,12-13H2,1H3/t14-/m1/s1. The Morgan fingerprint density at radius 2 is 1.55 bits per heavy atom. The Morgan fingerprint density at radius 3 is 2.14 bits per heavy atom. The third kappa shape index (κ3) is 3.95. The van der Waals surface area contributed by atoms with Gasteiger partial charge in [-0.3, -0.25) is 0 Å². The van der Waals surface area contributed by atoms with Crippen molar-refractivity contribution < 1.29 is 0 Å². The van der Waals surface area contributed by atoms with Crippen LogP contribution < -0.4 is 4.90 Å². The number of hydrogen-bond acceptors (Lipinski definition) is 3. The van der Waals surface area contributed by atoms with Crippen molar-refractivity contribution in [1.29, 1.82) is 0 Å². The predicted octanol–water partition coefficient (Wildman–Crippen LogP) is 6.10. The van der Waals surface area contributed by atoms with Crippen LogP contribution >= 0.6 is 15.9 Å². The molecule has 1 heterocycles. The summed E-state index contributed by atoms with van der Waals surface area (Å²) in [6.07, 6.45) is 2.63. The zero-order chi connectivity index (χ0) is 15.4. The number of rotatable bonds is 3. The van der Waals surface area contributed by atoms with Crippen LogP contribution in [0.4, 0.5) is 17.1 Å². The SMILES string of the molecule is C[C@@H]1CCCN(c2ccc(N=Nc3ccc(Br)cc3)cc2)C1. The van der Waals surface area contributed by atoms with Crippen molar-refractivity contribution in [2.45, 2.75) is 19.8 Å². The topological polar surface area (TPSA) is 28.0 Å². The van der Waals surface area contributed by atoms with Crippen LogP contribution in [0, 0.1) is 5.92 Å². The van der Waals surface area contributed by atoms with Crippen LogP contribution in [0.5, 0.6) is 0 Å². The highest BCUT2D eigenvalue weighted by atomic mass is 79.9. The van der Waals surface area contributed by atoms with Gasteiger partial charge in [-0.2, -0.15) is 10.2 Å². The van der Waals surface area contributed by atoms with E-state index in [1.165, 1.54) is 18.5 Å². The quantitative estimate of drug-likeness (QED) is 0.609. The molecule has 1 aliphatic heterocycles. The van der Waals surface area contributed by atoms with E-state index in [2.05, 4.69) is 50.1 Å². The molecule has 2 aromatic rings. The van der Waals surface area contributed by atoms with Crippen LogP contribution in [0.2, 0.25) is 0 Å². The molecule has 0 N–H and O–H groups in total. The molecular weight excluding hydrogens is 338 g/mol. The second-order valence-corrected chi connectivity index (χ2v) is 6.80. The maximum absolute atomic E-state index is 4.30. The van der Waals surface area contributed by atoms with Crippen molar-refractivity contribution in [3.05, 3.63) is 53.0 Å². The van der Waals surface area contributed by atoms with Crippen molar-refractivity contribution in [2.75, 3.05) is 18.0 Å². The third-order valence-electron chi connectivity index (χ3n) is 3.98. The number of azo groups is 1. The lowest BCUT2D eigenvalue weighted by Crippen LogP contribution is -2.34. The Morgan fingerprint density at radius 1 is 0.955 bits per heavy atom. The van der Waals surface area contributed by atoms with Crippen LogP contribution in [0.1, 0.15) is 19.8 Å². The molecule has 1 atom stereocenters. The lowest BCUT2D eigenvalue weighted by molar-refractivity contribution is 0.447. The summed E-state index contributed by atoms with van der Waals surface area (Å²) >= 11 is 3.41. The molecule has 1 aliphatic rings. The summed E-state index contributed by atoms with van der Waals surface area (Å²) in [5.74, 6) is 0.783. The maximum atomic E-state index is 4.30. The van der Waals surface area contributed by atoms with E-state index in [0.717, 1.165) is 34.9 Å². The molecule has 3 nitrogen and oxygen atoms in total. The second kappa shape index (κ2) is 7.05. The van der Waals surface area contributed by atoms with Crippen molar-refractivity contribution in [3.8, 4) is 0 Å². The highest BCUT2D eigenvalue weighted by molar-refractivity contribution is 9.10. The second-order valence-electron chi connectivity index (χ2n) is 5.89. The minimum atomic E-state index is 0.783. The summed E-state index contributed by atoms with van der Waals surface area (Å²) in [5, 5.41) is 8.56. The number of benzene rings is 2. The van der Waals surface area contributed by atoms with Gasteiger partial charge in [-0.15, -0.1) is 0 Å². The van der Waals surface area contributed by atoms with Crippen LogP contribution in [-0.4, -0.2) is 13.1 Å². The minimum Gasteiger partial charge on any atom is -0.371 e. The molecule has 1 saturated heterocycles. The van der Waals surface area contributed by atoms with Gasteiger partial charge in [-0.25, -0.2) is 0 Å². The number of nitrogens with zero attached hydrogens (tertiary/aromatic N) is 3. The van der Waals surface area contributed by atoms with Gasteiger partial charge in [0.2, 0.25) is 0 Å². The summed E-state index contributed by atoms with van der Waals surface area (Å²) in [6.45, 7) is 4.64. The molecule has 3 rings (SSSR count). The van der Waals surface area contributed by atoms with Gasteiger partial charge in [0.15, 0.2) is 0 Å². The Kier molecular flexibility index (Phi) is 4.88. The van der Waals surface area contributed by atoms with Crippen LogP contribution in [0.15, 0.2) is 63.2 Å². The normalized spacial score (nSPS) is 18.8. The smallest absolute Gasteiger partial charge is 0.0858 e. The summed E-state index contributed by atoms with van der Waals surface area (Å²) in [4.78, 5) is 2.46. The third-order valence-corrected chi connectivity index (χ3v) is 4.51. The zero-order valence-electron chi connectivity index (χ0n) is 12.7. The monoisotopic (exact) mass is 357 g/mol. The fraction of sp³-hybridized carbons (Fsp3) is 0.333. The average Bonchev–Trinajstić information content (AvgIpc) is 2.55. The van der Waals surface area contributed by atoms with Gasteiger partial charge in [0, 0.05) is 23.2 Å². The average molecular weight is 358 g/mol. The molecule has 114 valence electrons. The fourth-order valence-corrected chi connectivity index (χ4v) is 3.04. The number of piperidine rings is 1. The van der Waals surface area contributed by atoms with Gasteiger partial charge >= 0.3 is 0 Å². The molecule has 0 radical (unpaired) electrons. The molecule has 1 fully saturated rings. The maximum Gasteiger partial charge on any atom is 0.0858 e. The summed E-state index contributed by atoms with van der Waals surface area (Å²) in [6, 6.07) is 16.2. The highest BCUT2D eigenvalue weighted by Crippen LogP contribution is 2.26. The Balaban J connectivity index is 1.67. The molecule has 0 aliphatic carbocycles. The molecule has 4 heteroatoms. The van der Waals surface area contributed by atoms with Crippen LogP contribution in [-0.2, 0) is 0 Å². The van der Waals surface area contributed by atoms with Gasteiger partial charge in [0.1, 0.15) is 0 Å². The number of halogens is 1. The first-order chi connectivity index (χ1) is 10.7. The first-order valence-corrected chi connectivity index (χ1v) is 8.52. The molecule has 2 aromatic carbocycles. The van der Waals surface area contributed by atoms with E-state index in [9.17, 15) is 0 Å². The fourth-order valence-electron chi connectivity index (χ4n) is 2.78. The van der Waals surface area contributed by atoms with E-state index in [0.29, 0.717) is 0 Å². The van der Waals surface area contributed by atoms with Gasteiger partial charge in [-0.1, -0.05) is 22.9 Å². The molecule has 0 spiro atoms. The Labute approximate surface area is 140 Å². The number of hydrogen-bond donors (Lipinski definition) is 0. The Bertz CT molecular complexity index is 634. The zero-order valence-corrected chi connectivity index (χ0v) is 14.3. The van der Waals surface area contributed by atoms with E-state index >= 15 is 0 Å². The van der Waals surface area contributed by atoms with E-state index in [1.807, 2.05) is 36.4 Å². The molecular formula is C18H20BrN3. The van der Waals surface area contributed by atoms with Gasteiger partial charge in [-0.05, 0) is 67.3 Å². The van der Waals surface area contributed by atoms with Gasteiger partial charge in [0.05, 0.1) is 11.4 Å². The van der Waals surface area contributed by atoms with E-state index in [-0.39, 0.29) is 0 Å². The molecule has 22 heavy (non-hydrogen) atoms. The first-order valence-electron chi connectivity index (χ1n) is 7.73. The highest BCUT2D eigenvalue weighted by Gasteiger charge is 2.16. The molecule has 0 saturated carbocycles. The molecule has 0 amide bonds. The lowest BCUT2D eigenvalue weighted by Gasteiger charge is -2.32. The molecule has 0 bridgehead atoms. The minimum absolute atomic E-state index is 0.783. The summed E-state index contributed by atoms with van der Waals surface area (Å²) in [7, 11) is 0. The summed E-state index contributed by atoms with van der Waals surface area (Å²) in [5.41, 5.74) is 3.03. The van der Waals surface area contributed by atoms with Crippen LogP contribution in [0.3, 0.4) is 0 Å². The van der Waals surface area contributed by atoms with Gasteiger partial charge in [0.25, 0.3) is 0 Å². The van der Waals surface area contributed by atoms with Crippen LogP contribution in [0.25, 0.3) is 0 Å². The Hall–Kier alpha value is -1.68. The van der Waals surface area contributed by atoms with E-state index in [1.54, 1.807) is 0 Å². The van der Waals surface area contributed by atoms with Crippen molar-refractivity contribution in [1.82, 2.24) is 0 Å². The van der Waals surface area contributed by atoms with Crippen molar-refractivity contribution in [2.24, 2.45) is 16.1 Å². The van der Waals surface area contributed by atoms with Gasteiger partial charge < -0.3 is 4.90 Å². The molecule has 0 aromatic heterocycles.